The quantitative estimate of drug-likeness (QED) is 0.620. The molecule has 0 bridgehead atoms. The first-order valence-electron chi connectivity index (χ1n) is 4.82. The number of hydrogen-bond donors (Lipinski definition) is 2. The number of likely N-dealkylation sites (N-methyl/N-ethyl adjacent to an activating group) is 1. The molecule has 0 saturated heterocycles. The average molecular weight is 170 g/mol. The molecule has 1 aliphatic carbocycles. The summed E-state index contributed by atoms with van der Waals surface area (Å²) in [5.74, 6) is 0. The molecular formula is C10H22N2. The van der Waals surface area contributed by atoms with Gasteiger partial charge in [-0.1, -0.05) is 27.7 Å². The summed E-state index contributed by atoms with van der Waals surface area (Å²) in [6.45, 7) is 11.5. The predicted octanol–water partition coefficient (Wildman–Crippen LogP) is 1.23. The molecule has 1 aliphatic rings. The fourth-order valence-corrected chi connectivity index (χ4v) is 2.05. The van der Waals surface area contributed by atoms with E-state index in [1.807, 2.05) is 7.05 Å². The van der Waals surface area contributed by atoms with E-state index in [9.17, 15) is 0 Å². The molecule has 0 unspecified atom stereocenters. The van der Waals surface area contributed by atoms with Gasteiger partial charge in [-0.25, -0.2) is 0 Å². The second kappa shape index (κ2) is 3.00. The molecule has 0 spiro atoms. The van der Waals surface area contributed by atoms with Crippen molar-refractivity contribution >= 4 is 0 Å². The third-order valence-corrected chi connectivity index (χ3v) is 3.74. The van der Waals surface area contributed by atoms with Crippen LogP contribution in [0.1, 0.15) is 27.7 Å². The normalized spacial score (nSPS) is 25.8. The molecule has 2 nitrogen and oxygen atoms in total. The van der Waals surface area contributed by atoms with Crippen LogP contribution < -0.4 is 10.6 Å². The zero-order chi connectivity index (χ0) is 9.41. The SMILES string of the molecule is CNCCNC1C(C)(C)C1(C)C. The van der Waals surface area contributed by atoms with E-state index in [2.05, 4.69) is 38.3 Å². The van der Waals surface area contributed by atoms with Gasteiger partial charge in [0.05, 0.1) is 0 Å². The maximum atomic E-state index is 3.58. The number of nitrogens with one attached hydrogen (secondary N) is 2. The monoisotopic (exact) mass is 170 g/mol. The van der Waals surface area contributed by atoms with Gasteiger partial charge in [0.25, 0.3) is 0 Å². The Morgan fingerprint density at radius 2 is 1.50 bits per heavy atom. The van der Waals surface area contributed by atoms with Gasteiger partial charge in [-0.3, -0.25) is 0 Å². The van der Waals surface area contributed by atoms with Crippen molar-refractivity contribution in [2.75, 3.05) is 20.1 Å². The summed E-state index contributed by atoms with van der Waals surface area (Å²) in [5.41, 5.74) is 0.946. The average Bonchev–Trinajstić information content (AvgIpc) is 2.32. The summed E-state index contributed by atoms with van der Waals surface area (Å²) in [7, 11) is 1.99. The summed E-state index contributed by atoms with van der Waals surface area (Å²) in [4.78, 5) is 0. The Kier molecular flexibility index (Phi) is 2.50. The Labute approximate surface area is 76.1 Å². The highest BCUT2D eigenvalue weighted by Crippen LogP contribution is 2.62. The van der Waals surface area contributed by atoms with Crippen LogP contribution in [-0.4, -0.2) is 26.2 Å². The lowest BCUT2D eigenvalue weighted by Gasteiger charge is -2.04. The Balaban J connectivity index is 2.29. The van der Waals surface area contributed by atoms with Gasteiger partial charge in [-0.15, -0.1) is 0 Å². The molecule has 12 heavy (non-hydrogen) atoms. The van der Waals surface area contributed by atoms with E-state index >= 15 is 0 Å². The van der Waals surface area contributed by atoms with E-state index < -0.39 is 0 Å². The smallest absolute Gasteiger partial charge is 0.0181 e. The Hall–Kier alpha value is -0.0800. The molecule has 0 aromatic heterocycles. The van der Waals surface area contributed by atoms with Crippen LogP contribution in [0.15, 0.2) is 0 Å². The van der Waals surface area contributed by atoms with Gasteiger partial charge in [0.1, 0.15) is 0 Å². The van der Waals surface area contributed by atoms with E-state index in [4.69, 9.17) is 0 Å². The zero-order valence-electron chi connectivity index (χ0n) is 8.99. The van der Waals surface area contributed by atoms with Gasteiger partial charge in [-0.05, 0) is 17.9 Å². The molecule has 72 valence electrons. The third kappa shape index (κ3) is 1.38. The van der Waals surface area contributed by atoms with Gasteiger partial charge in [0.15, 0.2) is 0 Å². The lowest BCUT2D eigenvalue weighted by atomic mass is 10.0. The van der Waals surface area contributed by atoms with E-state index in [-0.39, 0.29) is 0 Å². The highest BCUT2D eigenvalue weighted by atomic mass is 15.1. The fourth-order valence-electron chi connectivity index (χ4n) is 2.05. The van der Waals surface area contributed by atoms with E-state index in [0.29, 0.717) is 16.9 Å². The van der Waals surface area contributed by atoms with Crippen molar-refractivity contribution in [1.29, 1.82) is 0 Å². The molecule has 0 aromatic carbocycles. The van der Waals surface area contributed by atoms with Crippen LogP contribution in [0.2, 0.25) is 0 Å². The second-order valence-corrected chi connectivity index (χ2v) is 4.93. The molecule has 1 saturated carbocycles. The van der Waals surface area contributed by atoms with Crippen molar-refractivity contribution in [3.05, 3.63) is 0 Å². The minimum Gasteiger partial charge on any atom is -0.318 e. The number of rotatable bonds is 4. The Morgan fingerprint density at radius 1 is 1.00 bits per heavy atom. The molecule has 0 radical (unpaired) electrons. The molecule has 1 rings (SSSR count). The van der Waals surface area contributed by atoms with Crippen molar-refractivity contribution in [3.8, 4) is 0 Å². The highest BCUT2D eigenvalue weighted by molar-refractivity contribution is 5.17. The van der Waals surface area contributed by atoms with Crippen molar-refractivity contribution in [3.63, 3.8) is 0 Å². The van der Waals surface area contributed by atoms with Crippen molar-refractivity contribution in [1.82, 2.24) is 10.6 Å². The highest BCUT2D eigenvalue weighted by Gasteiger charge is 2.64. The Morgan fingerprint density at radius 3 is 1.83 bits per heavy atom. The summed E-state index contributed by atoms with van der Waals surface area (Å²) < 4.78 is 0. The third-order valence-electron chi connectivity index (χ3n) is 3.74. The molecular weight excluding hydrogens is 148 g/mol. The van der Waals surface area contributed by atoms with Gasteiger partial charge >= 0.3 is 0 Å². The maximum Gasteiger partial charge on any atom is 0.0181 e. The van der Waals surface area contributed by atoms with E-state index in [0.717, 1.165) is 13.1 Å². The van der Waals surface area contributed by atoms with Crippen molar-refractivity contribution in [2.45, 2.75) is 33.7 Å². The predicted molar refractivity (Wildman–Crippen MR) is 53.3 cm³/mol. The summed E-state index contributed by atoms with van der Waals surface area (Å²) in [5, 5.41) is 6.72. The first kappa shape index (κ1) is 10.0. The van der Waals surface area contributed by atoms with Gasteiger partial charge < -0.3 is 10.6 Å². The van der Waals surface area contributed by atoms with Crippen LogP contribution in [0.3, 0.4) is 0 Å². The standard InChI is InChI=1S/C10H22N2/c1-9(2)8(10(9,3)4)12-7-6-11-5/h8,11-12H,6-7H2,1-5H3. The summed E-state index contributed by atoms with van der Waals surface area (Å²) >= 11 is 0. The van der Waals surface area contributed by atoms with Crippen molar-refractivity contribution < 1.29 is 0 Å². The maximum absolute atomic E-state index is 3.58. The van der Waals surface area contributed by atoms with Gasteiger partial charge in [0.2, 0.25) is 0 Å². The van der Waals surface area contributed by atoms with E-state index in [1.165, 1.54) is 0 Å². The minimum absolute atomic E-state index is 0.473. The van der Waals surface area contributed by atoms with Crippen LogP contribution in [-0.2, 0) is 0 Å². The molecule has 0 heterocycles. The van der Waals surface area contributed by atoms with Crippen LogP contribution in [0, 0.1) is 10.8 Å². The zero-order valence-corrected chi connectivity index (χ0v) is 8.99. The van der Waals surface area contributed by atoms with Gasteiger partial charge in [0, 0.05) is 19.1 Å². The first-order valence-corrected chi connectivity index (χ1v) is 4.82. The fraction of sp³-hybridized carbons (Fsp3) is 1.00. The molecule has 2 N–H and O–H groups in total. The first-order chi connectivity index (χ1) is 5.44. The Bertz CT molecular complexity index is 147. The minimum atomic E-state index is 0.473. The van der Waals surface area contributed by atoms with Crippen molar-refractivity contribution in [2.24, 2.45) is 10.8 Å². The molecule has 0 atom stereocenters. The van der Waals surface area contributed by atoms with Crippen LogP contribution in [0.5, 0.6) is 0 Å². The topological polar surface area (TPSA) is 24.1 Å². The number of hydrogen-bond acceptors (Lipinski definition) is 2. The van der Waals surface area contributed by atoms with Crippen LogP contribution in [0.4, 0.5) is 0 Å². The molecule has 2 heteroatoms. The van der Waals surface area contributed by atoms with Crippen LogP contribution >= 0.6 is 0 Å². The summed E-state index contributed by atoms with van der Waals surface area (Å²) in [6.07, 6.45) is 0. The lowest BCUT2D eigenvalue weighted by molar-refractivity contribution is 0.457. The largest absolute Gasteiger partial charge is 0.318 e. The van der Waals surface area contributed by atoms with Gasteiger partial charge in [-0.2, -0.15) is 0 Å². The lowest BCUT2D eigenvalue weighted by Crippen LogP contribution is -2.29. The van der Waals surface area contributed by atoms with E-state index in [1.54, 1.807) is 0 Å². The molecule has 1 fully saturated rings. The molecule has 0 amide bonds. The molecule has 0 aliphatic heterocycles. The second-order valence-electron chi connectivity index (χ2n) is 4.93. The molecule has 0 aromatic rings. The summed E-state index contributed by atoms with van der Waals surface area (Å²) in [6, 6.07) is 0.693. The van der Waals surface area contributed by atoms with Crippen LogP contribution in [0.25, 0.3) is 0 Å².